The van der Waals surface area contributed by atoms with E-state index >= 15 is 0 Å². The van der Waals surface area contributed by atoms with Crippen LogP contribution in [0.25, 0.3) is 0 Å². The van der Waals surface area contributed by atoms with Crippen molar-refractivity contribution >= 4 is 23.7 Å². The second-order valence-electron chi connectivity index (χ2n) is 8.09. The summed E-state index contributed by atoms with van der Waals surface area (Å²) in [7, 11) is 0. The summed E-state index contributed by atoms with van der Waals surface area (Å²) in [5.74, 6) is -1.22. The molecule has 1 aliphatic rings. The Balaban J connectivity index is 1.89. The summed E-state index contributed by atoms with van der Waals surface area (Å²) in [5.41, 5.74) is -0.977. The van der Waals surface area contributed by atoms with Gasteiger partial charge < -0.3 is 14.8 Å². The number of nitriles is 1. The van der Waals surface area contributed by atoms with Gasteiger partial charge in [0.25, 0.3) is 5.91 Å². The number of carbonyl (C=O) groups excluding carboxylic acids is 3. The summed E-state index contributed by atoms with van der Waals surface area (Å²) in [6.07, 6.45) is 3.36. The Hall–Kier alpha value is -3.08. The number of carbonyl (C=O) groups is 3. The molecule has 156 valence electrons. The van der Waals surface area contributed by atoms with Crippen molar-refractivity contribution < 1.29 is 23.9 Å². The number of hydrogen-bond donors (Lipinski definition) is 2. The van der Waals surface area contributed by atoms with Crippen LogP contribution in [0.1, 0.15) is 63.2 Å². The number of anilines is 1. The Morgan fingerprint density at radius 1 is 1.17 bits per heavy atom. The van der Waals surface area contributed by atoms with Crippen LogP contribution >= 0.6 is 0 Å². The normalized spacial score (nSPS) is 15.5. The van der Waals surface area contributed by atoms with E-state index in [1.807, 2.05) is 0 Å². The summed E-state index contributed by atoms with van der Waals surface area (Å²) < 4.78 is 10.2. The molecule has 8 nitrogen and oxygen atoms in total. The van der Waals surface area contributed by atoms with E-state index in [1.165, 1.54) is 12.1 Å². The summed E-state index contributed by atoms with van der Waals surface area (Å²) in [4.78, 5) is 36.2. The molecular formula is C21H27N3O5. The highest BCUT2D eigenvalue weighted by Crippen LogP contribution is 2.27. The lowest BCUT2D eigenvalue weighted by atomic mass is 9.83. The smallest absolute Gasteiger partial charge is 0.412 e. The highest BCUT2D eigenvalue weighted by Gasteiger charge is 2.33. The van der Waals surface area contributed by atoms with E-state index < -0.39 is 35.7 Å². The van der Waals surface area contributed by atoms with Gasteiger partial charge in [-0.15, -0.1) is 0 Å². The molecule has 0 atom stereocenters. The van der Waals surface area contributed by atoms with Crippen molar-refractivity contribution in [1.82, 2.24) is 5.32 Å². The van der Waals surface area contributed by atoms with Gasteiger partial charge in [0.05, 0.1) is 11.6 Å². The van der Waals surface area contributed by atoms with Crippen LogP contribution in [0.4, 0.5) is 10.5 Å². The van der Waals surface area contributed by atoms with Crippen molar-refractivity contribution in [3.8, 4) is 6.07 Å². The van der Waals surface area contributed by atoms with Crippen molar-refractivity contribution in [3.05, 3.63) is 29.8 Å². The maximum Gasteiger partial charge on any atom is 0.412 e. The molecular weight excluding hydrogens is 374 g/mol. The third-order valence-electron chi connectivity index (χ3n) is 4.38. The topological polar surface area (TPSA) is 118 Å². The van der Waals surface area contributed by atoms with Crippen molar-refractivity contribution in [3.63, 3.8) is 0 Å². The summed E-state index contributed by atoms with van der Waals surface area (Å²) in [6.45, 7) is 4.76. The zero-order valence-electron chi connectivity index (χ0n) is 17.0. The van der Waals surface area contributed by atoms with E-state index in [9.17, 15) is 19.6 Å². The molecule has 1 aromatic rings. The van der Waals surface area contributed by atoms with Gasteiger partial charge in [-0.05, 0) is 51.8 Å². The monoisotopic (exact) mass is 401 g/mol. The van der Waals surface area contributed by atoms with Crippen LogP contribution in [-0.4, -0.2) is 35.7 Å². The minimum atomic E-state index is -0.876. The Morgan fingerprint density at radius 3 is 2.48 bits per heavy atom. The molecule has 0 bridgehead atoms. The van der Waals surface area contributed by atoms with Crippen LogP contribution < -0.4 is 10.6 Å². The Kier molecular flexibility index (Phi) is 7.21. The van der Waals surface area contributed by atoms with Crippen molar-refractivity contribution in [2.24, 2.45) is 0 Å². The number of amides is 2. The number of nitrogens with zero attached hydrogens (tertiary/aromatic N) is 1. The molecule has 2 amide bonds. The van der Waals surface area contributed by atoms with Gasteiger partial charge in [-0.1, -0.05) is 25.3 Å². The van der Waals surface area contributed by atoms with Crippen LogP contribution in [0.3, 0.4) is 0 Å². The van der Waals surface area contributed by atoms with E-state index in [0.29, 0.717) is 18.5 Å². The van der Waals surface area contributed by atoms with Gasteiger partial charge >= 0.3 is 12.1 Å². The molecule has 0 unspecified atom stereocenters. The molecule has 29 heavy (non-hydrogen) atoms. The van der Waals surface area contributed by atoms with Gasteiger partial charge in [0, 0.05) is 5.69 Å². The molecule has 1 fully saturated rings. The number of benzene rings is 1. The lowest BCUT2D eigenvalue weighted by molar-refractivity contribution is -0.125. The average Bonchev–Trinajstić information content (AvgIpc) is 2.65. The van der Waals surface area contributed by atoms with Gasteiger partial charge in [0.1, 0.15) is 11.1 Å². The van der Waals surface area contributed by atoms with Gasteiger partial charge in [0.2, 0.25) is 0 Å². The fourth-order valence-electron chi connectivity index (χ4n) is 3.08. The van der Waals surface area contributed by atoms with Crippen LogP contribution in [0.2, 0.25) is 0 Å². The molecule has 1 aliphatic carbocycles. The maximum absolute atomic E-state index is 12.2. The molecule has 0 saturated heterocycles. The molecule has 0 aromatic heterocycles. The number of esters is 1. The second kappa shape index (κ2) is 9.41. The minimum Gasteiger partial charge on any atom is -0.452 e. The Morgan fingerprint density at radius 2 is 1.86 bits per heavy atom. The van der Waals surface area contributed by atoms with Gasteiger partial charge in [-0.2, -0.15) is 5.26 Å². The molecule has 2 N–H and O–H groups in total. The summed E-state index contributed by atoms with van der Waals surface area (Å²) in [6, 6.07) is 8.31. The van der Waals surface area contributed by atoms with Gasteiger partial charge in [-0.25, -0.2) is 9.59 Å². The molecule has 8 heteroatoms. The fourth-order valence-corrected chi connectivity index (χ4v) is 3.08. The van der Waals surface area contributed by atoms with Crippen LogP contribution in [0, 0.1) is 11.3 Å². The Bertz CT molecular complexity index is 801. The molecule has 1 saturated carbocycles. The molecule has 0 heterocycles. The van der Waals surface area contributed by atoms with E-state index in [1.54, 1.807) is 32.9 Å². The van der Waals surface area contributed by atoms with Crippen LogP contribution in [0.15, 0.2) is 24.3 Å². The van der Waals surface area contributed by atoms with Crippen molar-refractivity contribution in [2.45, 2.75) is 64.0 Å². The molecule has 0 spiro atoms. The second-order valence-corrected chi connectivity index (χ2v) is 8.09. The standard InChI is InChI=1S/C21H27N3O5/c1-20(2,3)29-19(27)23-16-9-7-8-15(12-16)18(26)28-13-17(25)24-21(14-22)10-5-4-6-11-21/h7-9,12H,4-6,10-11,13H2,1-3H3,(H,23,27)(H,24,25). The lowest BCUT2D eigenvalue weighted by Crippen LogP contribution is -2.50. The number of rotatable bonds is 5. The predicted molar refractivity (Wildman–Crippen MR) is 106 cm³/mol. The third-order valence-corrected chi connectivity index (χ3v) is 4.38. The number of ether oxygens (including phenoxy) is 2. The summed E-state index contributed by atoms with van der Waals surface area (Å²) in [5, 5.41) is 14.6. The van der Waals surface area contributed by atoms with Crippen molar-refractivity contribution in [2.75, 3.05) is 11.9 Å². The quantitative estimate of drug-likeness (QED) is 0.729. The van der Waals surface area contributed by atoms with E-state index in [0.717, 1.165) is 19.3 Å². The average molecular weight is 401 g/mol. The van der Waals surface area contributed by atoms with Gasteiger partial charge in [-0.3, -0.25) is 10.1 Å². The van der Waals surface area contributed by atoms with E-state index in [4.69, 9.17) is 9.47 Å². The highest BCUT2D eigenvalue weighted by molar-refractivity contribution is 5.94. The van der Waals surface area contributed by atoms with E-state index in [2.05, 4.69) is 16.7 Å². The largest absolute Gasteiger partial charge is 0.452 e. The zero-order valence-corrected chi connectivity index (χ0v) is 17.0. The SMILES string of the molecule is CC(C)(C)OC(=O)Nc1cccc(C(=O)OCC(=O)NC2(C#N)CCCCC2)c1. The predicted octanol–water partition coefficient (Wildman–Crippen LogP) is 3.53. The third kappa shape index (κ3) is 7.11. The first kappa shape index (κ1) is 22.2. The maximum atomic E-state index is 12.2. The number of nitrogens with one attached hydrogen (secondary N) is 2. The summed E-state index contributed by atoms with van der Waals surface area (Å²) >= 11 is 0. The molecule has 0 radical (unpaired) electrons. The first-order valence-electron chi connectivity index (χ1n) is 9.62. The van der Waals surface area contributed by atoms with E-state index in [-0.39, 0.29) is 5.56 Å². The molecule has 1 aromatic carbocycles. The minimum absolute atomic E-state index is 0.180. The molecule has 0 aliphatic heterocycles. The Labute approximate surface area is 170 Å². The van der Waals surface area contributed by atoms with Crippen molar-refractivity contribution in [1.29, 1.82) is 5.26 Å². The number of hydrogen-bond acceptors (Lipinski definition) is 6. The van der Waals surface area contributed by atoms with Crippen LogP contribution in [0.5, 0.6) is 0 Å². The molecule has 2 rings (SSSR count). The van der Waals surface area contributed by atoms with Crippen LogP contribution in [-0.2, 0) is 14.3 Å². The zero-order chi connectivity index (χ0) is 21.5. The first-order chi connectivity index (χ1) is 13.6. The fraction of sp³-hybridized carbons (Fsp3) is 0.524. The highest BCUT2D eigenvalue weighted by atomic mass is 16.6. The lowest BCUT2D eigenvalue weighted by Gasteiger charge is -2.31. The first-order valence-corrected chi connectivity index (χ1v) is 9.62. The van der Waals surface area contributed by atoms with Gasteiger partial charge in [0.15, 0.2) is 6.61 Å².